The van der Waals surface area contributed by atoms with Gasteiger partial charge in [0.05, 0.1) is 6.04 Å². The molecule has 0 aromatic carbocycles. The summed E-state index contributed by atoms with van der Waals surface area (Å²) >= 11 is 0. The first-order valence-electron chi connectivity index (χ1n) is 7.43. The van der Waals surface area contributed by atoms with E-state index in [1.807, 2.05) is 0 Å². The van der Waals surface area contributed by atoms with Gasteiger partial charge in [-0.25, -0.2) is 4.98 Å². The number of amides is 1. The third kappa shape index (κ3) is 5.47. The summed E-state index contributed by atoms with van der Waals surface area (Å²) in [5, 5.41) is 27.3. The normalized spacial score (nSPS) is 12.2. The lowest BCUT2D eigenvalue weighted by Gasteiger charge is -2.08. The van der Waals surface area contributed by atoms with Gasteiger partial charge in [-0.3, -0.25) is 14.7 Å². The number of carboxylic acid groups (broad SMARTS) is 1. The van der Waals surface area contributed by atoms with Gasteiger partial charge in [-0.1, -0.05) is 5.92 Å². The Morgan fingerprint density at radius 2 is 2.16 bits per heavy atom. The van der Waals surface area contributed by atoms with Crippen LogP contribution in [-0.4, -0.2) is 42.9 Å². The minimum Gasteiger partial charge on any atom is -0.481 e. The smallest absolute Gasteiger partial charge is 0.311 e. The molecule has 0 saturated carbocycles. The molecule has 0 bridgehead atoms. The number of carbonyl (C=O) groups excluding carboxylic acids is 1. The monoisotopic (exact) mass is 346 g/mol. The van der Waals surface area contributed by atoms with Crippen molar-refractivity contribution in [3.05, 3.63) is 35.3 Å². The molecule has 0 spiro atoms. The lowest BCUT2D eigenvalue weighted by molar-refractivity contribution is -0.136. The largest absolute Gasteiger partial charge is 0.481 e. The number of rotatable bonds is 5. The molecule has 0 aliphatic heterocycles. The van der Waals surface area contributed by atoms with E-state index in [9.17, 15) is 14.7 Å². The minimum atomic E-state index is -1.16. The number of nitrogens with one attached hydrogen (secondary N) is 2. The molecule has 2 aromatic rings. The van der Waals surface area contributed by atoms with Crippen molar-refractivity contribution in [1.82, 2.24) is 20.5 Å². The standard InChI is InChI=1S/C16H18N4O5/c1-9(14-18-12(19-20-14)8-13(21)22)17-15(23)11-5-4-10(25-11)6-7-16(2,3)24/h4-5,9,24H,8H2,1-3H3,(H,17,23)(H,21,22)(H,18,19,20). The number of aliphatic hydroxyl groups is 1. The van der Waals surface area contributed by atoms with Gasteiger partial charge in [-0.2, -0.15) is 5.10 Å². The first-order chi connectivity index (χ1) is 11.6. The van der Waals surface area contributed by atoms with Crippen molar-refractivity contribution in [2.45, 2.75) is 38.8 Å². The zero-order valence-electron chi connectivity index (χ0n) is 14.0. The SMILES string of the molecule is CC(NC(=O)c1ccc(C#CC(C)(C)O)o1)c1n[nH]c(CC(=O)O)n1. The summed E-state index contributed by atoms with van der Waals surface area (Å²) in [7, 11) is 0. The Morgan fingerprint density at radius 3 is 2.80 bits per heavy atom. The van der Waals surface area contributed by atoms with Crippen molar-refractivity contribution in [3.8, 4) is 11.8 Å². The Labute approximate surface area is 143 Å². The fourth-order valence-corrected chi connectivity index (χ4v) is 1.80. The van der Waals surface area contributed by atoms with Crippen molar-refractivity contribution in [3.63, 3.8) is 0 Å². The van der Waals surface area contributed by atoms with E-state index < -0.39 is 23.5 Å². The number of furan rings is 1. The predicted octanol–water partition coefficient (Wildman–Crippen LogP) is 0.638. The molecule has 0 saturated heterocycles. The highest BCUT2D eigenvalue weighted by molar-refractivity contribution is 5.91. The second kappa shape index (κ2) is 7.19. The van der Waals surface area contributed by atoms with Crippen molar-refractivity contribution >= 4 is 11.9 Å². The van der Waals surface area contributed by atoms with E-state index in [-0.39, 0.29) is 29.6 Å². The average Bonchev–Trinajstić information content (AvgIpc) is 3.12. The number of H-pyrrole nitrogens is 1. The van der Waals surface area contributed by atoms with Crippen molar-refractivity contribution in [1.29, 1.82) is 0 Å². The molecule has 1 unspecified atom stereocenters. The first-order valence-corrected chi connectivity index (χ1v) is 7.43. The third-order valence-corrected chi connectivity index (χ3v) is 2.92. The van der Waals surface area contributed by atoms with E-state index in [4.69, 9.17) is 9.52 Å². The Balaban J connectivity index is 2.01. The molecule has 1 amide bonds. The Hall–Kier alpha value is -3.12. The van der Waals surface area contributed by atoms with E-state index >= 15 is 0 Å². The van der Waals surface area contributed by atoms with Gasteiger partial charge >= 0.3 is 5.97 Å². The van der Waals surface area contributed by atoms with Gasteiger partial charge in [-0.15, -0.1) is 0 Å². The Kier molecular flexibility index (Phi) is 5.24. The van der Waals surface area contributed by atoms with Gasteiger partial charge in [0.25, 0.3) is 5.91 Å². The number of hydrogen-bond donors (Lipinski definition) is 4. The van der Waals surface area contributed by atoms with Crippen LogP contribution in [0.5, 0.6) is 0 Å². The summed E-state index contributed by atoms with van der Waals surface area (Å²) in [6.07, 6.45) is -0.283. The van der Waals surface area contributed by atoms with Gasteiger partial charge in [0, 0.05) is 0 Å². The van der Waals surface area contributed by atoms with Crippen LogP contribution in [0.15, 0.2) is 16.5 Å². The quantitative estimate of drug-likeness (QED) is 0.582. The lowest BCUT2D eigenvalue weighted by atomic mass is 10.1. The second-order valence-electron chi connectivity index (χ2n) is 5.88. The third-order valence-electron chi connectivity index (χ3n) is 2.92. The van der Waals surface area contributed by atoms with Gasteiger partial charge in [0.2, 0.25) is 0 Å². The maximum absolute atomic E-state index is 12.2. The van der Waals surface area contributed by atoms with Crippen LogP contribution in [0, 0.1) is 11.8 Å². The Morgan fingerprint density at radius 1 is 1.44 bits per heavy atom. The van der Waals surface area contributed by atoms with Crippen LogP contribution in [-0.2, 0) is 11.2 Å². The molecule has 4 N–H and O–H groups in total. The molecule has 2 heterocycles. The summed E-state index contributed by atoms with van der Waals surface area (Å²) in [6, 6.07) is 2.43. The molecule has 2 aromatic heterocycles. The number of aromatic amines is 1. The summed E-state index contributed by atoms with van der Waals surface area (Å²) < 4.78 is 5.31. The minimum absolute atomic E-state index is 0.0493. The maximum Gasteiger partial charge on any atom is 0.311 e. The molecule has 0 aliphatic carbocycles. The topological polar surface area (TPSA) is 141 Å². The Bertz CT molecular complexity index is 835. The molecule has 132 valence electrons. The van der Waals surface area contributed by atoms with Gasteiger partial charge in [0.15, 0.2) is 17.3 Å². The van der Waals surface area contributed by atoms with Gasteiger partial charge in [0.1, 0.15) is 17.8 Å². The molecule has 1 atom stereocenters. The average molecular weight is 346 g/mol. The van der Waals surface area contributed by atoms with Crippen LogP contribution in [0.2, 0.25) is 0 Å². The molecule has 0 radical (unpaired) electrons. The molecule has 9 nitrogen and oxygen atoms in total. The number of hydrogen-bond acceptors (Lipinski definition) is 6. The highest BCUT2D eigenvalue weighted by atomic mass is 16.4. The molecule has 0 aliphatic rings. The fourth-order valence-electron chi connectivity index (χ4n) is 1.80. The molecule has 2 rings (SSSR count). The van der Waals surface area contributed by atoms with Crippen LogP contribution in [0.1, 0.15) is 54.8 Å². The number of carboxylic acids is 1. The fraction of sp³-hybridized carbons (Fsp3) is 0.375. The molecule has 25 heavy (non-hydrogen) atoms. The highest BCUT2D eigenvalue weighted by Crippen LogP contribution is 2.11. The first kappa shape index (κ1) is 18.2. The zero-order valence-corrected chi connectivity index (χ0v) is 14.0. The molecular weight excluding hydrogens is 328 g/mol. The lowest BCUT2D eigenvalue weighted by Crippen LogP contribution is -2.27. The van der Waals surface area contributed by atoms with Crippen molar-refractivity contribution < 1.29 is 24.2 Å². The van der Waals surface area contributed by atoms with Crippen LogP contribution >= 0.6 is 0 Å². The van der Waals surface area contributed by atoms with E-state index in [0.29, 0.717) is 0 Å². The number of aliphatic carboxylic acids is 1. The van der Waals surface area contributed by atoms with E-state index in [0.717, 1.165) is 0 Å². The van der Waals surface area contributed by atoms with Gasteiger partial charge in [-0.05, 0) is 38.8 Å². The van der Waals surface area contributed by atoms with E-state index in [1.54, 1.807) is 6.92 Å². The highest BCUT2D eigenvalue weighted by Gasteiger charge is 2.18. The summed E-state index contributed by atoms with van der Waals surface area (Å²) in [4.78, 5) is 26.8. The van der Waals surface area contributed by atoms with Crippen LogP contribution < -0.4 is 5.32 Å². The molecule has 0 fully saturated rings. The summed E-state index contributed by atoms with van der Waals surface area (Å²) in [5.74, 6) is 4.46. The molecular formula is C16H18N4O5. The van der Waals surface area contributed by atoms with Crippen LogP contribution in [0.3, 0.4) is 0 Å². The summed E-state index contributed by atoms with van der Waals surface area (Å²) in [6.45, 7) is 4.73. The van der Waals surface area contributed by atoms with Gasteiger partial charge < -0.3 is 19.9 Å². The summed E-state index contributed by atoms with van der Waals surface area (Å²) in [5.41, 5.74) is -1.16. The maximum atomic E-state index is 12.2. The molecule has 9 heteroatoms. The number of nitrogens with zero attached hydrogens (tertiary/aromatic N) is 2. The number of carbonyl (C=O) groups is 2. The second-order valence-corrected chi connectivity index (χ2v) is 5.88. The zero-order chi connectivity index (χ0) is 18.6. The van der Waals surface area contributed by atoms with Crippen molar-refractivity contribution in [2.24, 2.45) is 0 Å². The van der Waals surface area contributed by atoms with E-state index in [2.05, 4.69) is 32.3 Å². The van der Waals surface area contributed by atoms with Crippen molar-refractivity contribution in [2.75, 3.05) is 0 Å². The predicted molar refractivity (Wildman–Crippen MR) is 85.5 cm³/mol. The number of aromatic nitrogens is 3. The van der Waals surface area contributed by atoms with Crippen LogP contribution in [0.4, 0.5) is 0 Å². The van der Waals surface area contributed by atoms with E-state index in [1.165, 1.54) is 26.0 Å². The van der Waals surface area contributed by atoms with Crippen LogP contribution in [0.25, 0.3) is 0 Å².